The van der Waals surface area contributed by atoms with Crippen LogP contribution in [0.25, 0.3) is 11.3 Å². The number of aryl methyl sites for hydroxylation is 2. The zero-order valence-corrected chi connectivity index (χ0v) is 16.3. The van der Waals surface area contributed by atoms with E-state index in [0.29, 0.717) is 12.8 Å². The van der Waals surface area contributed by atoms with Gasteiger partial charge in [-0.1, -0.05) is 53.6 Å². The predicted octanol–water partition coefficient (Wildman–Crippen LogP) is 5.86. The van der Waals surface area contributed by atoms with E-state index in [4.69, 9.17) is 4.11 Å². The summed E-state index contributed by atoms with van der Waals surface area (Å²) in [6.45, 7) is 10.7. The molecule has 2 rings (SSSR count). The molecule has 2 aromatic rings. The van der Waals surface area contributed by atoms with E-state index in [1.807, 2.05) is 19.9 Å². The highest BCUT2D eigenvalue weighted by Gasteiger charge is 2.24. The summed E-state index contributed by atoms with van der Waals surface area (Å²) < 4.78 is 26.5. The first-order chi connectivity index (χ1) is 12.4. The molecule has 0 aliphatic carbocycles. The summed E-state index contributed by atoms with van der Waals surface area (Å²) in [5.41, 5.74) is 4.94. The van der Waals surface area contributed by atoms with Gasteiger partial charge in [-0.05, 0) is 53.9 Å². The van der Waals surface area contributed by atoms with Gasteiger partial charge in [-0.15, -0.1) is 0 Å². The van der Waals surface area contributed by atoms with Crippen LogP contribution in [-0.4, -0.2) is 0 Å². The Labute approximate surface area is 153 Å². The van der Waals surface area contributed by atoms with Gasteiger partial charge in [0.15, 0.2) is 6.20 Å². The largest absolute Gasteiger partial charge is 0.212 e. The van der Waals surface area contributed by atoms with Crippen molar-refractivity contribution < 1.29 is 8.68 Å². The minimum absolute atomic E-state index is 0.108. The van der Waals surface area contributed by atoms with E-state index < -0.39 is 12.3 Å². The molecule has 0 saturated heterocycles. The van der Waals surface area contributed by atoms with E-state index in [9.17, 15) is 0 Å². The van der Waals surface area contributed by atoms with Crippen LogP contribution in [0, 0.1) is 6.92 Å². The third-order valence-electron chi connectivity index (χ3n) is 5.26. The topological polar surface area (TPSA) is 3.88 Å². The van der Waals surface area contributed by atoms with Gasteiger partial charge in [0.25, 0.3) is 0 Å². The average Bonchev–Trinajstić information content (AvgIpc) is 2.55. The van der Waals surface area contributed by atoms with Crippen molar-refractivity contribution in [2.24, 2.45) is 7.05 Å². The molecule has 0 atom stereocenters. The number of aromatic nitrogens is 1. The molecule has 0 unspecified atom stereocenters. The molecule has 1 heteroatoms. The van der Waals surface area contributed by atoms with Gasteiger partial charge in [0.1, 0.15) is 7.05 Å². The zero-order valence-electron chi connectivity index (χ0n) is 19.3. The van der Waals surface area contributed by atoms with Crippen LogP contribution >= 0.6 is 0 Å². The standard InChI is InChI=1S/C23H34N/c1-9-23(7,10-2)18-11-13-20(17(3)15-18)21-14-12-19(16-24(21)8)22(4,5)6/h11-16H,9-10H2,1-8H3/q+1/i7D3. The first kappa shape index (κ1) is 14.7. The second-order valence-corrected chi connectivity index (χ2v) is 7.98. The Morgan fingerprint density at radius 2 is 1.62 bits per heavy atom. The number of hydrogen-bond acceptors (Lipinski definition) is 0. The maximum Gasteiger partial charge on any atom is 0.212 e. The Morgan fingerprint density at radius 1 is 1.00 bits per heavy atom. The van der Waals surface area contributed by atoms with Gasteiger partial charge in [0.05, 0.1) is 0 Å². The highest BCUT2D eigenvalue weighted by atomic mass is 14.9. The highest BCUT2D eigenvalue weighted by molar-refractivity contribution is 5.62. The molecule has 1 aromatic heterocycles. The van der Waals surface area contributed by atoms with E-state index in [2.05, 4.69) is 69.8 Å². The molecule has 0 saturated carbocycles. The molecule has 1 heterocycles. The molecule has 1 nitrogen and oxygen atoms in total. The summed E-state index contributed by atoms with van der Waals surface area (Å²) in [5.74, 6) is 0. The van der Waals surface area contributed by atoms with Crippen LogP contribution in [0.2, 0.25) is 0 Å². The molecule has 0 radical (unpaired) electrons. The van der Waals surface area contributed by atoms with Crippen molar-refractivity contribution in [3.63, 3.8) is 0 Å². The van der Waals surface area contributed by atoms with Crippen LogP contribution in [0.15, 0.2) is 36.5 Å². The molecule has 0 N–H and O–H groups in total. The Kier molecular flexibility index (Phi) is 4.10. The first-order valence-electron chi connectivity index (χ1n) is 10.5. The van der Waals surface area contributed by atoms with Crippen LogP contribution < -0.4 is 4.57 Å². The maximum atomic E-state index is 8.11. The summed E-state index contributed by atoms with van der Waals surface area (Å²) in [4.78, 5) is 0. The number of nitrogens with zero attached hydrogens (tertiary/aromatic N) is 1. The van der Waals surface area contributed by atoms with Crippen LogP contribution in [0.5, 0.6) is 0 Å². The van der Waals surface area contributed by atoms with Gasteiger partial charge < -0.3 is 0 Å². The Hall–Kier alpha value is -1.63. The normalized spacial score (nSPS) is 14.9. The number of pyridine rings is 1. The van der Waals surface area contributed by atoms with Gasteiger partial charge in [0, 0.05) is 21.3 Å². The smallest absolute Gasteiger partial charge is 0.201 e. The summed E-state index contributed by atoms with van der Waals surface area (Å²) in [6, 6.07) is 10.5. The van der Waals surface area contributed by atoms with E-state index in [1.54, 1.807) is 0 Å². The summed E-state index contributed by atoms with van der Waals surface area (Å²) in [5, 5.41) is 0. The van der Waals surface area contributed by atoms with Crippen molar-refractivity contribution in [2.45, 2.75) is 72.1 Å². The fraction of sp³-hybridized carbons (Fsp3) is 0.522. The summed E-state index contributed by atoms with van der Waals surface area (Å²) in [7, 11) is 2.07. The predicted molar refractivity (Wildman–Crippen MR) is 104 cm³/mol. The first-order valence-corrected chi connectivity index (χ1v) is 8.99. The molecule has 0 fully saturated rings. The van der Waals surface area contributed by atoms with Gasteiger partial charge in [-0.25, -0.2) is 4.57 Å². The second-order valence-electron chi connectivity index (χ2n) is 7.98. The lowest BCUT2D eigenvalue weighted by Gasteiger charge is -2.28. The number of benzene rings is 1. The maximum absolute atomic E-state index is 8.11. The van der Waals surface area contributed by atoms with Crippen LogP contribution in [0.4, 0.5) is 0 Å². The quantitative estimate of drug-likeness (QED) is 0.619. The molecular weight excluding hydrogens is 290 g/mol. The minimum atomic E-state index is -2.01. The van der Waals surface area contributed by atoms with Gasteiger partial charge in [-0.2, -0.15) is 0 Å². The molecule has 0 aliphatic rings. The molecule has 0 spiro atoms. The summed E-state index contributed by atoms with van der Waals surface area (Å²) >= 11 is 0. The van der Waals surface area contributed by atoms with Crippen molar-refractivity contribution in [3.05, 3.63) is 53.2 Å². The molecule has 1 aromatic carbocycles. The monoisotopic (exact) mass is 327 g/mol. The fourth-order valence-electron chi connectivity index (χ4n) is 3.24. The van der Waals surface area contributed by atoms with E-state index in [-0.39, 0.29) is 5.41 Å². The SMILES string of the molecule is [2H]C([2H])([2H])C(CC)(CC)c1ccc(-c2ccc(C(C)(C)C)c[n+]2C)c(C)c1. The van der Waals surface area contributed by atoms with Crippen molar-refractivity contribution >= 4 is 0 Å². The molecule has 24 heavy (non-hydrogen) atoms. The molecule has 0 amide bonds. The van der Waals surface area contributed by atoms with Crippen LogP contribution in [0.1, 0.15) is 75.1 Å². The average molecular weight is 328 g/mol. The molecule has 0 bridgehead atoms. The third-order valence-corrected chi connectivity index (χ3v) is 5.26. The third kappa shape index (κ3) is 3.55. The van der Waals surface area contributed by atoms with Crippen LogP contribution in [-0.2, 0) is 17.9 Å². The lowest BCUT2D eigenvalue weighted by molar-refractivity contribution is -0.661. The Bertz CT molecular complexity index is 809. The Morgan fingerprint density at radius 3 is 2.08 bits per heavy atom. The van der Waals surface area contributed by atoms with E-state index in [1.165, 1.54) is 5.56 Å². The van der Waals surface area contributed by atoms with E-state index in [0.717, 1.165) is 22.4 Å². The lowest BCUT2D eigenvalue weighted by atomic mass is 9.77. The molecular formula is C23H34N+. The van der Waals surface area contributed by atoms with Gasteiger partial charge in [-0.3, -0.25) is 0 Å². The highest BCUT2D eigenvalue weighted by Crippen LogP contribution is 2.34. The van der Waals surface area contributed by atoms with Crippen molar-refractivity contribution in [1.82, 2.24) is 0 Å². The van der Waals surface area contributed by atoms with Gasteiger partial charge in [0.2, 0.25) is 5.69 Å². The van der Waals surface area contributed by atoms with Crippen molar-refractivity contribution in [2.75, 3.05) is 0 Å². The second kappa shape index (κ2) is 6.70. The Balaban J connectivity index is 2.55. The van der Waals surface area contributed by atoms with E-state index >= 15 is 0 Å². The zero-order chi connectivity index (χ0) is 20.6. The van der Waals surface area contributed by atoms with Crippen LogP contribution in [0.3, 0.4) is 0 Å². The number of hydrogen-bond donors (Lipinski definition) is 0. The van der Waals surface area contributed by atoms with Crippen molar-refractivity contribution in [1.29, 1.82) is 0 Å². The summed E-state index contributed by atoms with van der Waals surface area (Å²) in [6.07, 6.45) is 3.40. The minimum Gasteiger partial charge on any atom is -0.201 e. The van der Waals surface area contributed by atoms with Gasteiger partial charge >= 0.3 is 0 Å². The fourth-order valence-corrected chi connectivity index (χ4v) is 3.24. The molecule has 0 aliphatic heterocycles. The molecule has 130 valence electrons. The lowest BCUT2D eigenvalue weighted by Crippen LogP contribution is -2.33. The number of rotatable bonds is 4. The van der Waals surface area contributed by atoms with Crippen molar-refractivity contribution in [3.8, 4) is 11.3 Å².